The van der Waals surface area contributed by atoms with E-state index in [4.69, 9.17) is 5.73 Å². The third-order valence-electron chi connectivity index (χ3n) is 3.09. The van der Waals surface area contributed by atoms with Crippen molar-refractivity contribution in [1.82, 2.24) is 9.97 Å². The maximum Gasteiger partial charge on any atom is 0.269 e. The van der Waals surface area contributed by atoms with Crippen molar-refractivity contribution in [2.24, 2.45) is 5.73 Å². The number of fused-ring (bicyclic) bond motifs is 1. The van der Waals surface area contributed by atoms with Crippen molar-refractivity contribution in [1.29, 1.82) is 0 Å². The summed E-state index contributed by atoms with van der Waals surface area (Å²) in [6.07, 6.45) is 0.539. The summed E-state index contributed by atoms with van der Waals surface area (Å²) in [6.45, 7) is 0. The number of amides is 1. The highest BCUT2D eigenvalue weighted by Crippen LogP contribution is 2.15. The van der Waals surface area contributed by atoms with E-state index in [0.717, 1.165) is 11.1 Å². The molecular formula is C16H13N3O. The molecule has 0 unspecified atom stereocenters. The fourth-order valence-corrected chi connectivity index (χ4v) is 2.15. The van der Waals surface area contributed by atoms with E-state index in [2.05, 4.69) is 9.97 Å². The van der Waals surface area contributed by atoms with E-state index in [9.17, 15) is 4.79 Å². The number of benzene rings is 2. The minimum absolute atomic E-state index is 0.243. The first-order valence-electron chi connectivity index (χ1n) is 6.33. The van der Waals surface area contributed by atoms with Gasteiger partial charge in [0.2, 0.25) is 0 Å². The average Bonchev–Trinajstić information content (AvgIpc) is 2.47. The maximum atomic E-state index is 11.6. The molecule has 0 atom stereocenters. The molecular weight excluding hydrogens is 250 g/mol. The Kier molecular flexibility index (Phi) is 3.13. The van der Waals surface area contributed by atoms with Crippen molar-refractivity contribution in [3.05, 3.63) is 71.5 Å². The molecule has 3 aromatic rings. The van der Waals surface area contributed by atoms with Gasteiger partial charge in [0.15, 0.2) is 0 Å². The lowest BCUT2D eigenvalue weighted by molar-refractivity contribution is 0.0994. The Hall–Kier alpha value is -2.75. The van der Waals surface area contributed by atoms with Crippen LogP contribution >= 0.6 is 0 Å². The monoisotopic (exact) mass is 263 g/mol. The van der Waals surface area contributed by atoms with E-state index in [0.29, 0.717) is 17.6 Å². The molecule has 2 N–H and O–H groups in total. The zero-order chi connectivity index (χ0) is 13.9. The third-order valence-corrected chi connectivity index (χ3v) is 3.09. The number of aromatic nitrogens is 2. The third kappa shape index (κ3) is 2.36. The number of hydrogen-bond acceptors (Lipinski definition) is 3. The van der Waals surface area contributed by atoms with Crippen LogP contribution in [0.3, 0.4) is 0 Å². The minimum Gasteiger partial charge on any atom is -0.364 e. The van der Waals surface area contributed by atoms with Crippen LogP contribution in [0.25, 0.3) is 11.0 Å². The van der Waals surface area contributed by atoms with E-state index in [1.165, 1.54) is 0 Å². The summed E-state index contributed by atoms with van der Waals surface area (Å²) in [6, 6.07) is 17.3. The van der Waals surface area contributed by atoms with E-state index in [1.54, 1.807) is 0 Å². The summed E-state index contributed by atoms with van der Waals surface area (Å²) in [7, 11) is 0. The van der Waals surface area contributed by atoms with Crippen LogP contribution in [-0.2, 0) is 6.42 Å². The van der Waals surface area contributed by atoms with Gasteiger partial charge >= 0.3 is 0 Å². The lowest BCUT2D eigenvalue weighted by Gasteiger charge is -2.07. The summed E-state index contributed by atoms with van der Waals surface area (Å²) in [5.41, 5.74) is 8.79. The van der Waals surface area contributed by atoms with Gasteiger partial charge in [0.05, 0.1) is 16.7 Å². The molecule has 0 aliphatic heterocycles. The number of primary amides is 1. The summed E-state index contributed by atoms with van der Waals surface area (Å²) in [5.74, 6) is -0.547. The SMILES string of the molecule is NC(=O)c1nc2ccccc2nc1Cc1ccccc1. The highest BCUT2D eigenvalue weighted by atomic mass is 16.1. The van der Waals surface area contributed by atoms with Crippen LogP contribution in [0.2, 0.25) is 0 Å². The molecule has 98 valence electrons. The highest BCUT2D eigenvalue weighted by Gasteiger charge is 2.13. The van der Waals surface area contributed by atoms with Crippen LogP contribution in [0.1, 0.15) is 21.7 Å². The van der Waals surface area contributed by atoms with Crippen LogP contribution < -0.4 is 5.73 Å². The quantitative estimate of drug-likeness (QED) is 0.788. The van der Waals surface area contributed by atoms with E-state index in [1.807, 2.05) is 54.6 Å². The molecule has 20 heavy (non-hydrogen) atoms. The van der Waals surface area contributed by atoms with Crippen molar-refractivity contribution in [3.8, 4) is 0 Å². The Bertz CT molecular complexity index is 769. The summed E-state index contributed by atoms with van der Waals surface area (Å²) in [4.78, 5) is 20.4. The van der Waals surface area contributed by atoms with Crippen molar-refractivity contribution < 1.29 is 4.79 Å². The van der Waals surface area contributed by atoms with Gasteiger partial charge in [-0.25, -0.2) is 9.97 Å². The Morgan fingerprint density at radius 2 is 1.50 bits per heavy atom. The smallest absolute Gasteiger partial charge is 0.269 e. The van der Waals surface area contributed by atoms with Crippen LogP contribution in [0.15, 0.2) is 54.6 Å². The minimum atomic E-state index is -0.547. The molecule has 1 aromatic heterocycles. The van der Waals surface area contributed by atoms with Crippen LogP contribution in [0.5, 0.6) is 0 Å². The lowest BCUT2D eigenvalue weighted by atomic mass is 10.1. The molecule has 4 heteroatoms. The van der Waals surface area contributed by atoms with Crippen molar-refractivity contribution in [2.45, 2.75) is 6.42 Å². The van der Waals surface area contributed by atoms with E-state index < -0.39 is 5.91 Å². The summed E-state index contributed by atoms with van der Waals surface area (Å²) in [5, 5.41) is 0. The fourth-order valence-electron chi connectivity index (χ4n) is 2.15. The molecule has 0 spiro atoms. The molecule has 0 aliphatic rings. The number of nitrogens with two attached hydrogens (primary N) is 1. The maximum absolute atomic E-state index is 11.6. The summed E-state index contributed by atoms with van der Waals surface area (Å²) >= 11 is 0. The second-order valence-electron chi connectivity index (χ2n) is 4.53. The molecule has 0 aliphatic carbocycles. The van der Waals surface area contributed by atoms with Gasteiger partial charge in [-0.1, -0.05) is 42.5 Å². The van der Waals surface area contributed by atoms with E-state index in [-0.39, 0.29) is 5.69 Å². The first-order valence-corrected chi connectivity index (χ1v) is 6.33. The second kappa shape index (κ2) is 5.09. The molecule has 1 heterocycles. The lowest BCUT2D eigenvalue weighted by Crippen LogP contribution is -2.17. The molecule has 2 aromatic carbocycles. The van der Waals surface area contributed by atoms with Gasteiger partial charge < -0.3 is 5.73 Å². The van der Waals surface area contributed by atoms with Gasteiger partial charge in [0.1, 0.15) is 5.69 Å². The van der Waals surface area contributed by atoms with Crippen LogP contribution in [0.4, 0.5) is 0 Å². The molecule has 4 nitrogen and oxygen atoms in total. The zero-order valence-corrected chi connectivity index (χ0v) is 10.8. The average molecular weight is 263 g/mol. The van der Waals surface area contributed by atoms with Crippen LogP contribution in [0, 0.1) is 0 Å². The van der Waals surface area contributed by atoms with Crippen LogP contribution in [-0.4, -0.2) is 15.9 Å². The van der Waals surface area contributed by atoms with Gasteiger partial charge in [0, 0.05) is 6.42 Å². The number of carbonyl (C=O) groups is 1. The predicted octanol–water partition coefficient (Wildman–Crippen LogP) is 2.32. The van der Waals surface area contributed by atoms with Gasteiger partial charge in [-0.2, -0.15) is 0 Å². The predicted molar refractivity (Wildman–Crippen MR) is 77.3 cm³/mol. The zero-order valence-electron chi connectivity index (χ0n) is 10.8. The first kappa shape index (κ1) is 12.3. The largest absolute Gasteiger partial charge is 0.364 e. The van der Waals surface area contributed by atoms with Crippen molar-refractivity contribution >= 4 is 16.9 Å². The molecule has 3 rings (SSSR count). The molecule has 0 saturated carbocycles. The molecule has 0 radical (unpaired) electrons. The highest BCUT2D eigenvalue weighted by molar-refractivity contribution is 5.94. The first-order chi connectivity index (χ1) is 9.74. The number of para-hydroxylation sites is 2. The molecule has 1 amide bonds. The Morgan fingerprint density at radius 1 is 0.900 bits per heavy atom. The number of hydrogen-bond donors (Lipinski definition) is 1. The number of nitrogens with zero attached hydrogens (tertiary/aromatic N) is 2. The number of rotatable bonds is 3. The standard InChI is InChI=1S/C16H13N3O/c17-16(20)15-14(10-11-6-2-1-3-7-11)18-12-8-4-5-9-13(12)19-15/h1-9H,10H2,(H2,17,20). The normalized spacial score (nSPS) is 10.6. The van der Waals surface area contributed by atoms with E-state index >= 15 is 0 Å². The van der Waals surface area contributed by atoms with Crippen molar-refractivity contribution in [3.63, 3.8) is 0 Å². The van der Waals surface area contributed by atoms with Gasteiger partial charge in [-0.3, -0.25) is 4.79 Å². The second-order valence-corrected chi connectivity index (χ2v) is 4.53. The molecule has 0 bridgehead atoms. The Morgan fingerprint density at radius 3 is 2.15 bits per heavy atom. The van der Waals surface area contributed by atoms with Gasteiger partial charge in [0.25, 0.3) is 5.91 Å². The number of carbonyl (C=O) groups excluding carboxylic acids is 1. The molecule has 0 saturated heterocycles. The fraction of sp³-hybridized carbons (Fsp3) is 0.0625. The van der Waals surface area contributed by atoms with Crippen molar-refractivity contribution in [2.75, 3.05) is 0 Å². The van der Waals surface area contributed by atoms with Gasteiger partial charge in [-0.15, -0.1) is 0 Å². The Balaban J connectivity index is 2.12. The summed E-state index contributed by atoms with van der Waals surface area (Å²) < 4.78 is 0. The Labute approximate surface area is 116 Å². The van der Waals surface area contributed by atoms with Gasteiger partial charge in [-0.05, 0) is 17.7 Å². The molecule has 0 fully saturated rings. The topological polar surface area (TPSA) is 68.9 Å².